The first kappa shape index (κ1) is 33.5. The Labute approximate surface area is 342 Å². The fourth-order valence-electron chi connectivity index (χ4n) is 9.82. The van der Waals surface area contributed by atoms with E-state index in [-0.39, 0.29) is 5.41 Å². The molecule has 0 aliphatic heterocycles. The van der Waals surface area contributed by atoms with Gasteiger partial charge in [-0.3, -0.25) is 0 Å². The Hall–Kier alpha value is -7.62. The highest BCUT2D eigenvalue weighted by Crippen LogP contribution is 2.53. The molecule has 0 atom stereocenters. The Morgan fingerprint density at radius 3 is 1.69 bits per heavy atom. The Kier molecular flexibility index (Phi) is 7.36. The van der Waals surface area contributed by atoms with Crippen LogP contribution in [-0.2, 0) is 5.41 Å². The third-order valence-corrected chi connectivity index (χ3v) is 12.7. The normalized spacial score (nSPS) is 13.0. The third-order valence-electron chi connectivity index (χ3n) is 12.7. The van der Waals surface area contributed by atoms with E-state index in [9.17, 15) is 0 Å². The minimum Gasteiger partial charge on any atom is -0.456 e. The van der Waals surface area contributed by atoms with Crippen LogP contribution in [0.15, 0.2) is 217 Å². The number of para-hydroxylation sites is 2. The van der Waals surface area contributed by atoms with E-state index in [1.807, 2.05) is 12.1 Å². The lowest BCUT2D eigenvalue weighted by Gasteiger charge is -2.28. The first-order chi connectivity index (χ1) is 29.1. The molecule has 9 aromatic carbocycles. The standard InChI is InChI=1S/C56H38N2O/c1-56(50-21-11-8-18-44(50)45-19-9-12-22-51(45)56)39-26-32-52-48(34-39)49-35-42(30-33-53(49)58(52)40-16-6-3-7-17-40)57(41-27-24-38(25-28-41)37-14-4-2-5-15-37)43-29-31-47-46-20-10-13-23-54(46)59-55(47)36-43/h2-36H,1H3. The van der Waals surface area contributed by atoms with Crippen molar-refractivity contribution in [2.24, 2.45) is 0 Å². The molecule has 11 aromatic rings. The molecule has 3 nitrogen and oxygen atoms in total. The van der Waals surface area contributed by atoms with Crippen LogP contribution in [0.1, 0.15) is 23.6 Å². The molecule has 0 radical (unpaired) electrons. The van der Waals surface area contributed by atoms with Crippen LogP contribution >= 0.6 is 0 Å². The highest BCUT2D eigenvalue weighted by Gasteiger charge is 2.40. The molecule has 0 saturated heterocycles. The van der Waals surface area contributed by atoms with E-state index in [1.54, 1.807) is 0 Å². The Bertz CT molecular complexity index is 3350. The van der Waals surface area contributed by atoms with Crippen LogP contribution in [0.5, 0.6) is 0 Å². The summed E-state index contributed by atoms with van der Waals surface area (Å²) in [5.41, 5.74) is 17.1. The van der Waals surface area contributed by atoms with Gasteiger partial charge in [0, 0.05) is 55.8 Å². The number of rotatable bonds is 6. The van der Waals surface area contributed by atoms with E-state index >= 15 is 0 Å². The average molecular weight is 755 g/mol. The summed E-state index contributed by atoms with van der Waals surface area (Å²) in [6.07, 6.45) is 0. The molecule has 59 heavy (non-hydrogen) atoms. The fourth-order valence-corrected chi connectivity index (χ4v) is 9.82. The van der Waals surface area contributed by atoms with Gasteiger partial charge in [0.05, 0.1) is 11.0 Å². The first-order valence-electron chi connectivity index (χ1n) is 20.3. The van der Waals surface area contributed by atoms with Crippen molar-refractivity contribution in [1.82, 2.24) is 4.57 Å². The van der Waals surface area contributed by atoms with Crippen LogP contribution in [-0.4, -0.2) is 4.57 Å². The van der Waals surface area contributed by atoms with Gasteiger partial charge in [-0.15, -0.1) is 0 Å². The number of hydrogen-bond donors (Lipinski definition) is 0. The fraction of sp³-hybridized carbons (Fsp3) is 0.0357. The maximum absolute atomic E-state index is 6.46. The van der Waals surface area contributed by atoms with Crippen molar-refractivity contribution in [3.05, 3.63) is 229 Å². The molecule has 1 aliphatic rings. The van der Waals surface area contributed by atoms with E-state index in [0.29, 0.717) is 0 Å². The van der Waals surface area contributed by atoms with Gasteiger partial charge in [-0.2, -0.15) is 0 Å². The van der Waals surface area contributed by atoms with Crippen LogP contribution in [0.2, 0.25) is 0 Å². The molecule has 2 aromatic heterocycles. The molecule has 2 heterocycles. The Balaban J connectivity index is 1.09. The maximum Gasteiger partial charge on any atom is 0.137 e. The number of aromatic nitrogens is 1. The van der Waals surface area contributed by atoms with Crippen LogP contribution < -0.4 is 4.90 Å². The summed E-state index contributed by atoms with van der Waals surface area (Å²) in [5, 5.41) is 4.65. The van der Waals surface area contributed by atoms with E-state index in [4.69, 9.17) is 4.42 Å². The average Bonchev–Trinajstić information content (AvgIpc) is 3.93. The SMILES string of the molecule is CC1(c2ccc3c(c2)c2cc(N(c4ccc(-c5ccccc5)cc4)c4ccc5c(c4)oc4ccccc45)ccc2n3-c2ccccc2)c2ccccc2-c2ccccc21. The number of fused-ring (bicyclic) bond motifs is 9. The molecule has 0 spiro atoms. The first-order valence-corrected chi connectivity index (χ1v) is 20.3. The molecule has 0 N–H and O–H groups in total. The molecule has 1 aliphatic carbocycles. The van der Waals surface area contributed by atoms with E-state index in [0.717, 1.165) is 50.2 Å². The van der Waals surface area contributed by atoms with Gasteiger partial charge in [0.15, 0.2) is 0 Å². The topological polar surface area (TPSA) is 21.3 Å². The van der Waals surface area contributed by atoms with Gasteiger partial charge in [0.2, 0.25) is 0 Å². The lowest BCUT2D eigenvalue weighted by molar-refractivity contribution is 0.669. The van der Waals surface area contributed by atoms with Crippen LogP contribution in [0.25, 0.3) is 71.7 Å². The second kappa shape index (κ2) is 13.0. The largest absolute Gasteiger partial charge is 0.456 e. The zero-order valence-corrected chi connectivity index (χ0v) is 32.5. The molecule has 0 amide bonds. The summed E-state index contributed by atoms with van der Waals surface area (Å²) in [6, 6.07) is 77.0. The summed E-state index contributed by atoms with van der Waals surface area (Å²) < 4.78 is 8.88. The second-order valence-electron chi connectivity index (χ2n) is 15.8. The smallest absolute Gasteiger partial charge is 0.137 e. The molecule has 0 fully saturated rings. The molecule has 278 valence electrons. The highest BCUT2D eigenvalue weighted by atomic mass is 16.3. The second-order valence-corrected chi connectivity index (χ2v) is 15.8. The molecular formula is C56H38N2O. The van der Waals surface area contributed by atoms with Gasteiger partial charge in [0.25, 0.3) is 0 Å². The maximum atomic E-state index is 6.46. The molecule has 0 saturated carbocycles. The summed E-state index contributed by atoms with van der Waals surface area (Å²) in [5.74, 6) is 0. The number of furan rings is 1. The van der Waals surface area contributed by atoms with Crippen LogP contribution in [0.3, 0.4) is 0 Å². The monoisotopic (exact) mass is 754 g/mol. The Morgan fingerprint density at radius 1 is 0.407 bits per heavy atom. The number of hydrogen-bond acceptors (Lipinski definition) is 2. The van der Waals surface area contributed by atoms with Gasteiger partial charge < -0.3 is 13.9 Å². The molecular weight excluding hydrogens is 717 g/mol. The van der Waals surface area contributed by atoms with Gasteiger partial charge in [-0.05, 0) is 119 Å². The van der Waals surface area contributed by atoms with Crippen molar-refractivity contribution < 1.29 is 4.42 Å². The van der Waals surface area contributed by atoms with Gasteiger partial charge in [-0.1, -0.05) is 133 Å². The molecule has 0 bridgehead atoms. The molecule has 12 rings (SSSR count). The zero-order chi connectivity index (χ0) is 39.1. The number of benzene rings is 9. The zero-order valence-electron chi connectivity index (χ0n) is 32.5. The van der Waals surface area contributed by atoms with E-state index in [2.05, 4.69) is 217 Å². The van der Waals surface area contributed by atoms with Crippen molar-refractivity contribution in [1.29, 1.82) is 0 Å². The minimum atomic E-state index is -0.311. The van der Waals surface area contributed by atoms with Crippen molar-refractivity contribution in [3.8, 4) is 27.9 Å². The molecule has 0 unspecified atom stereocenters. The summed E-state index contributed by atoms with van der Waals surface area (Å²) in [7, 11) is 0. The highest BCUT2D eigenvalue weighted by molar-refractivity contribution is 6.11. The molecule has 3 heteroatoms. The minimum absolute atomic E-state index is 0.311. The van der Waals surface area contributed by atoms with Crippen molar-refractivity contribution >= 4 is 60.8 Å². The van der Waals surface area contributed by atoms with Crippen molar-refractivity contribution in [2.75, 3.05) is 4.90 Å². The van der Waals surface area contributed by atoms with Crippen LogP contribution in [0, 0.1) is 0 Å². The van der Waals surface area contributed by atoms with Crippen molar-refractivity contribution in [3.63, 3.8) is 0 Å². The van der Waals surface area contributed by atoms with E-state index < -0.39 is 0 Å². The van der Waals surface area contributed by atoms with Crippen molar-refractivity contribution in [2.45, 2.75) is 12.3 Å². The number of nitrogens with zero attached hydrogens (tertiary/aromatic N) is 2. The summed E-state index contributed by atoms with van der Waals surface area (Å²) in [6.45, 7) is 2.40. The van der Waals surface area contributed by atoms with Gasteiger partial charge in [-0.25, -0.2) is 0 Å². The van der Waals surface area contributed by atoms with Crippen LogP contribution in [0.4, 0.5) is 17.1 Å². The summed E-state index contributed by atoms with van der Waals surface area (Å²) >= 11 is 0. The van der Waals surface area contributed by atoms with E-state index in [1.165, 1.54) is 55.2 Å². The number of anilines is 3. The predicted molar refractivity (Wildman–Crippen MR) is 246 cm³/mol. The lowest BCUT2D eigenvalue weighted by atomic mass is 9.74. The van der Waals surface area contributed by atoms with Gasteiger partial charge >= 0.3 is 0 Å². The predicted octanol–water partition coefficient (Wildman–Crippen LogP) is 15.2. The Morgan fingerprint density at radius 2 is 0.949 bits per heavy atom. The summed E-state index contributed by atoms with van der Waals surface area (Å²) in [4.78, 5) is 2.36. The quantitative estimate of drug-likeness (QED) is 0.169. The third kappa shape index (κ3) is 5.08. The van der Waals surface area contributed by atoms with Gasteiger partial charge in [0.1, 0.15) is 11.2 Å². The lowest BCUT2D eigenvalue weighted by Crippen LogP contribution is -2.22.